The van der Waals surface area contributed by atoms with Crippen LogP contribution in [0.1, 0.15) is 67.3 Å². The second-order valence-corrected chi connectivity index (χ2v) is 7.36. The first kappa shape index (κ1) is 18.2. The summed E-state index contributed by atoms with van der Waals surface area (Å²) in [5.74, 6) is 1.91. The van der Waals surface area contributed by atoms with E-state index in [9.17, 15) is 4.79 Å². The summed E-state index contributed by atoms with van der Waals surface area (Å²) in [7, 11) is 0. The third-order valence-corrected chi connectivity index (χ3v) is 5.29. The fourth-order valence-corrected chi connectivity index (χ4v) is 3.55. The van der Waals surface area contributed by atoms with Crippen LogP contribution in [0.25, 0.3) is 0 Å². The van der Waals surface area contributed by atoms with Gasteiger partial charge in [0.15, 0.2) is 5.82 Å². The average Bonchev–Trinajstić information content (AvgIpc) is 3.20. The van der Waals surface area contributed by atoms with Gasteiger partial charge in [0.1, 0.15) is 11.7 Å². The van der Waals surface area contributed by atoms with Crippen LogP contribution in [0.4, 0.5) is 0 Å². The first-order valence-electron chi connectivity index (χ1n) is 9.99. The molecule has 0 spiro atoms. The molecule has 1 aliphatic carbocycles. The molecule has 2 fully saturated rings. The maximum atomic E-state index is 13.1. The highest BCUT2D eigenvalue weighted by Gasteiger charge is 2.33. The number of carbonyl (C=O) groups is 1. The molecule has 0 bridgehead atoms. The number of nitrogens with zero attached hydrogens (tertiary/aromatic N) is 5. The third kappa shape index (κ3) is 4.21. The maximum absolute atomic E-state index is 13.1. The summed E-state index contributed by atoms with van der Waals surface area (Å²) in [5, 5.41) is 8.31. The predicted molar refractivity (Wildman–Crippen MR) is 97.1 cm³/mol. The zero-order valence-electron chi connectivity index (χ0n) is 15.8. The van der Waals surface area contributed by atoms with Crippen molar-refractivity contribution < 1.29 is 14.1 Å². The molecule has 0 radical (unpaired) electrons. The Kier molecular flexibility index (Phi) is 5.52. The van der Waals surface area contributed by atoms with Crippen molar-refractivity contribution in [1.82, 2.24) is 24.8 Å². The van der Waals surface area contributed by atoms with E-state index >= 15 is 0 Å². The molecule has 3 heterocycles. The van der Waals surface area contributed by atoms with E-state index in [1.54, 1.807) is 16.9 Å². The van der Waals surface area contributed by atoms with Crippen LogP contribution < -0.4 is 0 Å². The molecule has 2 aromatic heterocycles. The van der Waals surface area contributed by atoms with Crippen molar-refractivity contribution in [1.29, 1.82) is 0 Å². The van der Waals surface area contributed by atoms with E-state index in [2.05, 4.69) is 15.2 Å². The van der Waals surface area contributed by atoms with Crippen LogP contribution in [0.3, 0.4) is 0 Å². The van der Waals surface area contributed by atoms with Crippen LogP contribution in [0.5, 0.6) is 0 Å². The van der Waals surface area contributed by atoms with Gasteiger partial charge in [0, 0.05) is 32.3 Å². The van der Waals surface area contributed by atoms with Gasteiger partial charge in [-0.3, -0.25) is 9.48 Å². The summed E-state index contributed by atoms with van der Waals surface area (Å²) in [4.78, 5) is 19.5. The van der Waals surface area contributed by atoms with Crippen LogP contribution in [0.15, 0.2) is 16.8 Å². The van der Waals surface area contributed by atoms with E-state index in [0.717, 1.165) is 31.8 Å². The third-order valence-electron chi connectivity index (χ3n) is 5.29. The second-order valence-electron chi connectivity index (χ2n) is 7.36. The van der Waals surface area contributed by atoms with Gasteiger partial charge in [-0.2, -0.15) is 10.1 Å². The SMILES string of the molecule is CCn1nccc1C(=O)N1CCCCC1c1nc(CCOCC2CC2)no1. The normalized spacial score (nSPS) is 20.2. The predicted octanol–water partition coefficient (Wildman–Crippen LogP) is 2.62. The summed E-state index contributed by atoms with van der Waals surface area (Å²) in [6.45, 7) is 4.78. The molecule has 2 aliphatic rings. The minimum atomic E-state index is -0.167. The van der Waals surface area contributed by atoms with Crippen molar-refractivity contribution >= 4 is 5.91 Å². The molecule has 0 aromatic carbocycles. The Balaban J connectivity index is 1.41. The highest BCUT2D eigenvalue weighted by Crippen LogP contribution is 2.31. The van der Waals surface area contributed by atoms with Crippen molar-refractivity contribution in [3.63, 3.8) is 0 Å². The molecule has 1 atom stereocenters. The van der Waals surface area contributed by atoms with Gasteiger partial charge >= 0.3 is 0 Å². The Morgan fingerprint density at radius 1 is 1.33 bits per heavy atom. The minimum absolute atomic E-state index is 0.0217. The average molecular weight is 373 g/mol. The number of likely N-dealkylation sites (tertiary alicyclic amines) is 1. The largest absolute Gasteiger partial charge is 0.381 e. The van der Waals surface area contributed by atoms with E-state index in [0.29, 0.717) is 43.5 Å². The molecule has 27 heavy (non-hydrogen) atoms. The Bertz CT molecular complexity index is 767. The van der Waals surface area contributed by atoms with E-state index in [1.807, 2.05) is 11.8 Å². The van der Waals surface area contributed by atoms with Gasteiger partial charge in [0.2, 0.25) is 5.89 Å². The molecule has 146 valence electrons. The van der Waals surface area contributed by atoms with Gasteiger partial charge < -0.3 is 14.2 Å². The molecule has 1 amide bonds. The number of hydrogen-bond donors (Lipinski definition) is 0. The molecule has 8 heteroatoms. The minimum Gasteiger partial charge on any atom is -0.381 e. The fourth-order valence-electron chi connectivity index (χ4n) is 3.55. The lowest BCUT2D eigenvalue weighted by Crippen LogP contribution is -2.39. The Labute approximate surface area is 158 Å². The van der Waals surface area contributed by atoms with Crippen molar-refractivity contribution in [3.8, 4) is 0 Å². The van der Waals surface area contributed by atoms with Gasteiger partial charge in [-0.15, -0.1) is 0 Å². The van der Waals surface area contributed by atoms with Gasteiger partial charge in [-0.1, -0.05) is 5.16 Å². The highest BCUT2D eigenvalue weighted by atomic mass is 16.5. The zero-order chi connectivity index (χ0) is 18.6. The van der Waals surface area contributed by atoms with Gasteiger partial charge in [0.25, 0.3) is 5.91 Å². The molecule has 1 saturated carbocycles. The van der Waals surface area contributed by atoms with E-state index < -0.39 is 0 Å². The lowest BCUT2D eigenvalue weighted by molar-refractivity contribution is 0.0549. The van der Waals surface area contributed by atoms with E-state index in [1.165, 1.54) is 12.8 Å². The number of aryl methyl sites for hydroxylation is 1. The molecule has 2 aromatic rings. The first-order chi connectivity index (χ1) is 13.3. The topological polar surface area (TPSA) is 86.3 Å². The first-order valence-corrected chi connectivity index (χ1v) is 9.99. The standard InChI is InChI=1S/C19H27N5O3/c1-2-24-16(8-10-20-24)19(25)23-11-4-3-5-15(23)18-21-17(22-27-18)9-12-26-13-14-6-7-14/h8,10,14-15H,2-7,9,11-13H2,1H3. The maximum Gasteiger partial charge on any atom is 0.272 e. The molecule has 1 saturated heterocycles. The number of rotatable bonds is 8. The Morgan fingerprint density at radius 2 is 2.22 bits per heavy atom. The molecule has 1 aliphatic heterocycles. The summed E-state index contributed by atoms with van der Waals surface area (Å²) in [6, 6.07) is 1.61. The van der Waals surface area contributed by atoms with Crippen molar-refractivity contribution in [2.75, 3.05) is 19.8 Å². The molecule has 1 unspecified atom stereocenters. The number of amides is 1. The molecule has 4 rings (SSSR count). The number of aromatic nitrogens is 4. The highest BCUT2D eigenvalue weighted by molar-refractivity contribution is 5.92. The Hall–Kier alpha value is -2.22. The van der Waals surface area contributed by atoms with Crippen LogP contribution in [0, 0.1) is 5.92 Å². The second kappa shape index (κ2) is 8.21. The fraction of sp³-hybridized carbons (Fsp3) is 0.684. The monoisotopic (exact) mass is 373 g/mol. The quantitative estimate of drug-likeness (QED) is 0.661. The van der Waals surface area contributed by atoms with Crippen molar-refractivity contribution in [3.05, 3.63) is 29.7 Å². The number of piperidine rings is 1. The number of carbonyl (C=O) groups excluding carboxylic acids is 1. The van der Waals surface area contributed by atoms with E-state index in [-0.39, 0.29) is 11.9 Å². The van der Waals surface area contributed by atoms with Crippen molar-refractivity contribution in [2.45, 2.75) is 58.0 Å². The summed E-state index contributed by atoms with van der Waals surface area (Å²) >= 11 is 0. The van der Waals surface area contributed by atoms with Crippen LogP contribution in [-0.4, -0.2) is 50.5 Å². The van der Waals surface area contributed by atoms with Crippen LogP contribution >= 0.6 is 0 Å². The summed E-state index contributed by atoms with van der Waals surface area (Å²) in [5.41, 5.74) is 0.609. The molecule has 8 nitrogen and oxygen atoms in total. The lowest BCUT2D eigenvalue weighted by Gasteiger charge is -2.33. The lowest BCUT2D eigenvalue weighted by atomic mass is 10.0. The van der Waals surface area contributed by atoms with Crippen LogP contribution in [-0.2, 0) is 17.7 Å². The van der Waals surface area contributed by atoms with E-state index in [4.69, 9.17) is 9.26 Å². The summed E-state index contributed by atoms with van der Waals surface area (Å²) in [6.07, 6.45) is 7.75. The smallest absolute Gasteiger partial charge is 0.272 e. The van der Waals surface area contributed by atoms with Crippen LogP contribution in [0.2, 0.25) is 0 Å². The Morgan fingerprint density at radius 3 is 3.04 bits per heavy atom. The molecular formula is C19H27N5O3. The molecule has 0 N–H and O–H groups in total. The zero-order valence-corrected chi connectivity index (χ0v) is 15.8. The van der Waals surface area contributed by atoms with Gasteiger partial charge in [-0.25, -0.2) is 0 Å². The summed E-state index contributed by atoms with van der Waals surface area (Å²) < 4.78 is 12.9. The number of ether oxygens (including phenoxy) is 1. The number of hydrogen-bond acceptors (Lipinski definition) is 6. The van der Waals surface area contributed by atoms with Crippen molar-refractivity contribution in [2.24, 2.45) is 5.92 Å². The van der Waals surface area contributed by atoms with Gasteiger partial charge in [0.05, 0.1) is 6.61 Å². The van der Waals surface area contributed by atoms with Gasteiger partial charge in [-0.05, 0) is 51.0 Å². The molecular weight excluding hydrogens is 346 g/mol.